The molecule has 1 atom stereocenters. The van der Waals surface area contributed by atoms with E-state index in [1.54, 1.807) is 35.6 Å². The van der Waals surface area contributed by atoms with Crippen molar-refractivity contribution in [2.24, 2.45) is 0 Å². The van der Waals surface area contributed by atoms with Crippen LogP contribution >= 0.6 is 11.3 Å². The molecule has 166 valence electrons. The van der Waals surface area contributed by atoms with Gasteiger partial charge in [0.2, 0.25) is 5.91 Å². The molecule has 4 aromatic rings. The number of likely N-dealkylation sites (tertiary alicyclic amines) is 1. The SMILES string of the molecule is Cc1ccc2nc(-c3ccc(NC(=O)C4CCCN4C(=O)Oc4ccccc4)cc3)sc2c1. The molecule has 0 spiro atoms. The van der Waals surface area contributed by atoms with Crippen molar-refractivity contribution in [3.05, 3.63) is 78.4 Å². The van der Waals surface area contributed by atoms with Crippen molar-refractivity contribution < 1.29 is 14.3 Å². The normalized spacial score (nSPS) is 15.5. The van der Waals surface area contributed by atoms with E-state index in [9.17, 15) is 9.59 Å². The van der Waals surface area contributed by atoms with Crippen LogP contribution in [0, 0.1) is 6.92 Å². The Balaban J connectivity index is 1.25. The average Bonchev–Trinajstić information content (AvgIpc) is 3.47. The van der Waals surface area contributed by atoms with Crippen LogP contribution in [-0.4, -0.2) is 34.5 Å². The molecular weight excluding hydrogens is 434 g/mol. The highest BCUT2D eigenvalue weighted by Crippen LogP contribution is 2.31. The number of nitrogens with one attached hydrogen (secondary N) is 1. The zero-order chi connectivity index (χ0) is 22.8. The number of aromatic nitrogens is 1. The first-order valence-electron chi connectivity index (χ1n) is 10.9. The van der Waals surface area contributed by atoms with Crippen molar-refractivity contribution in [1.82, 2.24) is 9.88 Å². The molecule has 0 radical (unpaired) electrons. The Kier molecular flexibility index (Phi) is 5.79. The number of ether oxygens (including phenoxy) is 1. The second kappa shape index (κ2) is 9.03. The Labute approximate surface area is 195 Å². The Morgan fingerprint density at radius 3 is 2.64 bits per heavy atom. The van der Waals surface area contributed by atoms with E-state index >= 15 is 0 Å². The molecule has 33 heavy (non-hydrogen) atoms. The van der Waals surface area contributed by atoms with Gasteiger partial charge in [-0.2, -0.15) is 0 Å². The van der Waals surface area contributed by atoms with Crippen LogP contribution in [0.4, 0.5) is 10.5 Å². The predicted octanol–water partition coefficient (Wildman–Crippen LogP) is 5.87. The predicted molar refractivity (Wildman–Crippen MR) is 131 cm³/mol. The minimum atomic E-state index is -0.548. The monoisotopic (exact) mass is 457 g/mol. The molecule has 0 bridgehead atoms. The molecule has 1 fully saturated rings. The van der Waals surface area contributed by atoms with E-state index in [-0.39, 0.29) is 5.91 Å². The summed E-state index contributed by atoms with van der Waals surface area (Å²) in [6, 6.07) is 22.2. The maximum absolute atomic E-state index is 12.9. The number of thiazole rings is 1. The van der Waals surface area contributed by atoms with Crippen LogP contribution < -0.4 is 10.1 Å². The van der Waals surface area contributed by atoms with Gasteiger partial charge in [0.25, 0.3) is 0 Å². The smallest absolute Gasteiger partial charge is 0.410 e. The number of rotatable bonds is 4. The number of nitrogens with zero attached hydrogens (tertiary/aromatic N) is 2. The maximum Gasteiger partial charge on any atom is 0.415 e. The van der Waals surface area contributed by atoms with Crippen molar-refractivity contribution in [2.75, 3.05) is 11.9 Å². The lowest BCUT2D eigenvalue weighted by molar-refractivity contribution is -0.119. The fraction of sp³-hybridized carbons (Fsp3) is 0.192. The molecule has 1 saturated heterocycles. The van der Waals surface area contributed by atoms with Gasteiger partial charge in [0, 0.05) is 17.8 Å². The van der Waals surface area contributed by atoms with Crippen molar-refractivity contribution in [3.63, 3.8) is 0 Å². The summed E-state index contributed by atoms with van der Waals surface area (Å²) in [4.78, 5) is 31.7. The largest absolute Gasteiger partial charge is 0.415 e. The highest BCUT2D eigenvalue weighted by molar-refractivity contribution is 7.21. The lowest BCUT2D eigenvalue weighted by Crippen LogP contribution is -2.44. The summed E-state index contributed by atoms with van der Waals surface area (Å²) in [5.74, 6) is 0.259. The van der Waals surface area contributed by atoms with Gasteiger partial charge < -0.3 is 10.1 Å². The third-order valence-electron chi connectivity index (χ3n) is 5.68. The maximum atomic E-state index is 12.9. The van der Waals surface area contributed by atoms with Gasteiger partial charge in [0.1, 0.15) is 16.8 Å². The second-order valence-electron chi connectivity index (χ2n) is 8.09. The quantitative estimate of drug-likeness (QED) is 0.416. The number of hydrogen-bond donors (Lipinski definition) is 1. The first-order valence-corrected chi connectivity index (χ1v) is 11.7. The number of hydrogen-bond acceptors (Lipinski definition) is 5. The molecule has 6 nitrogen and oxygen atoms in total. The van der Waals surface area contributed by atoms with Crippen LogP contribution in [0.1, 0.15) is 18.4 Å². The van der Waals surface area contributed by atoms with Gasteiger partial charge in [-0.3, -0.25) is 9.69 Å². The molecule has 2 amide bonds. The number of anilines is 1. The van der Waals surface area contributed by atoms with E-state index < -0.39 is 12.1 Å². The molecule has 5 rings (SSSR count). The molecule has 0 aliphatic carbocycles. The zero-order valence-corrected chi connectivity index (χ0v) is 19.0. The fourth-order valence-corrected chi connectivity index (χ4v) is 5.05. The number of carbonyl (C=O) groups is 2. The molecule has 3 aromatic carbocycles. The van der Waals surface area contributed by atoms with Crippen LogP contribution in [0.2, 0.25) is 0 Å². The Hall–Kier alpha value is -3.71. The van der Waals surface area contributed by atoms with Gasteiger partial charge in [-0.05, 0) is 73.9 Å². The van der Waals surface area contributed by atoms with E-state index in [4.69, 9.17) is 9.72 Å². The Bertz CT molecular complexity index is 1300. The lowest BCUT2D eigenvalue weighted by atomic mass is 10.2. The molecule has 7 heteroatoms. The van der Waals surface area contributed by atoms with E-state index in [1.807, 2.05) is 36.4 Å². The van der Waals surface area contributed by atoms with Crippen LogP contribution in [0.5, 0.6) is 5.75 Å². The van der Waals surface area contributed by atoms with Crippen LogP contribution in [0.25, 0.3) is 20.8 Å². The van der Waals surface area contributed by atoms with Gasteiger partial charge in [-0.15, -0.1) is 11.3 Å². The fourth-order valence-electron chi connectivity index (χ4n) is 3.98. The van der Waals surface area contributed by atoms with Gasteiger partial charge in [0.05, 0.1) is 10.2 Å². The summed E-state index contributed by atoms with van der Waals surface area (Å²) in [5.41, 5.74) is 3.89. The van der Waals surface area contributed by atoms with Crippen LogP contribution in [0.15, 0.2) is 72.8 Å². The van der Waals surface area contributed by atoms with E-state index in [0.717, 1.165) is 27.2 Å². The molecule has 1 unspecified atom stereocenters. The number of benzene rings is 3. The van der Waals surface area contributed by atoms with Crippen molar-refractivity contribution in [3.8, 4) is 16.3 Å². The Morgan fingerprint density at radius 2 is 1.85 bits per heavy atom. The highest BCUT2D eigenvalue weighted by atomic mass is 32.1. The van der Waals surface area contributed by atoms with Crippen molar-refractivity contribution in [1.29, 1.82) is 0 Å². The number of carbonyl (C=O) groups excluding carboxylic acids is 2. The van der Waals surface area contributed by atoms with Gasteiger partial charge in [-0.25, -0.2) is 9.78 Å². The topological polar surface area (TPSA) is 71.5 Å². The van der Waals surface area contributed by atoms with E-state index in [0.29, 0.717) is 24.4 Å². The average molecular weight is 458 g/mol. The Morgan fingerprint density at radius 1 is 1.06 bits per heavy atom. The third kappa shape index (κ3) is 4.59. The minimum Gasteiger partial charge on any atom is -0.410 e. The first-order chi connectivity index (χ1) is 16.1. The summed E-state index contributed by atoms with van der Waals surface area (Å²) >= 11 is 1.65. The summed E-state index contributed by atoms with van der Waals surface area (Å²) < 4.78 is 6.59. The van der Waals surface area contributed by atoms with Crippen LogP contribution in [0.3, 0.4) is 0 Å². The third-order valence-corrected chi connectivity index (χ3v) is 6.75. The standard InChI is InChI=1S/C26H23N3O3S/c1-17-9-14-21-23(16-17)33-25(28-21)18-10-12-19(13-11-18)27-24(30)22-8-5-15-29(22)26(31)32-20-6-3-2-4-7-20/h2-4,6-7,9-14,16,22H,5,8,15H2,1H3,(H,27,30). The summed E-state index contributed by atoms with van der Waals surface area (Å²) in [5, 5.41) is 3.88. The number of amides is 2. The van der Waals surface area contributed by atoms with Crippen molar-refractivity contribution >= 4 is 39.2 Å². The molecule has 1 aromatic heterocycles. The van der Waals surface area contributed by atoms with Gasteiger partial charge in [-0.1, -0.05) is 24.3 Å². The first kappa shape index (κ1) is 21.2. The number of para-hydroxylation sites is 1. The van der Waals surface area contributed by atoms with Crippen LogP contribution in [-0.2, 0) is 4.79 Å². The van der Waals surface area contributed by atoms with Gasteiger partial charge in [0.15, 0.2) is 0 Å². The van der Waals surface area contributed by atoms with E-state index in [2.05, 4.69) is 24.4 Å². The molecular formula is C26H23N3O3S. The highest BCUT2D eigenvalue weighted by Gasteiger charge is 2.35. The molecule has 2 heterocycles. The van der Waals surface area contributed by atoms with E-state index in [1.165, 1.54) is 10.5 Å². The number of fused-ring (bicyclic) bond motifs is 1. The zero-order valence-electron chi connectivity index (χ0n) is 18.2. The summed E-state index contributed by atoms with van der Waals surface area (Å²) in [7, 11) is 0. The molecule has 1 N–H and O–H groups in total. The molecule has 1 aliphatic rings. The minimum absolute atomic E-state index is 0.208. The summed E-state index contributed by atoms with van der Waals surface area (Å²) in [6.07, 6.45) is 0.872. The molecule has 0 saturated carbocycles. The summed E-state index contributed by atoms with van der Waals surface area (Å²) in [6.45, 7) is 2.57. The van der Waals surface area contributed by atoms with Gasteiger partial charge >= 0.3 is 6.09 Å². The molecule has 1 aliphatic heterocycles. The number of aryl methyl sites for hydroxylation is 1. The second-order valence-corrected chi connectivity index (χ2v) is 9.12. The lowest BCUT2D eigenvalue weighted by Gasteiger charge is -2.23. The van der Waals surface area contributed by atoms with Crippen molar-refractivity contribution in [2.45, 2.75) is 25.8 Å².